The summed E-state index contributed by atoms with van der Waals surface area (Å²) < 4.78 is 0. The number of nitrogens with zero attached hydrogens (tertiary/aromatic N) is 1. The van der Waals surface area contributed by atoms with Crippen LogP contribution in [0.4, 0.5) is 0 Å². The molecule has 110 valence electrons. The van der Waals surface area contributed by atoms with Crippen molar-refractivity contribution in [3.05, 3.63) is 0 Å². The molecule has 1 unspecified atom stereocenters. The number of rotatable bonds is 7. The lowest BCUT2D eigenvalue weighted by Gasteiger charge is -2.32. The third kappa shape index (κ3) is 3.95. The molecule has 0 aliphatic heterocycles. The van der Waals surface area contributed by atoms with Crippen molar-refractivity contribution in [2.75, 3.05) is 6.54 Å². The molecule has 0 bridgehead atoms. The zero-order valence-corrected chi connectivity index (χ0v) is 12.4. The van der Waals surface area contributed by atoms with Gasteiger partial charge in [0.25, 0.3) is 0 Å². The number of carbonyl (C=O) groups is 2. The van der Waals surface area contributed by atoms with Gasteiger partial charge in [0, 0.05) is 12.6 Å². The Balaban J connectivity index is 2.77. The van der Waals surface area contributed by atoms with Crippen LogP contribution >= 0.6 is 0 Å². The predicted octanol–water partition coefficient (Wildman–Crippen LogP) is 2.91. The molecule has 19 heavy (non-hydrogen) atoms. The molecule has 0 aromatic heterocycles. The van der Waals surface area contributed by atoms with E-state index in [2.05, 4.69) is 20.8 Å². The van der Waals surface area contributed by atoms with E-state index in [9.17, 15) is 14.7 Å². The van der Waals surface area contributed by atoms with E-state index in [1.165, 1.54) is 0 Å². The normalized spacial score (nSPS) is 24.2. The summed E-state index contributed by atoms with van der Waals surface area (Å²) in [6.07, 6.45) is 5.19. The van der Waals surface area contributed by atoms with Crippen molar-refractivity contribution in [3.63, 3.8) is 0 Å². The quantitative estimate of drug-likeness (QED) is 0.773. The van der Waals surface area contributed by atoms with E-state index in [1.807, 2.05) is 4.90 Å². The first-order chi connectivity index (χ1) is 9.02. The molecule has 1 amide bonds. The fraction of sp³-hybridized carbons (Fsp3) is 0.867. The maximum Gasteiger partial charge on any atom is 0.307 e. The molecule has 3 atom stereocenters. The first kappa shape index (κ1) is 16.0. The zero-order chi connectivity index (χ0) is 14.4. The molecule has 0 heterocycles. The highest BCUT2D eigenvalue weighted by molar-refractivity contribution is 5.85. The Kier molecular flexibility index (Phi) is 6.32. The Morgan fingerprint density at radius 3 is 2.42 bits per heavy atom. The minimum absolute atomic E-state index is 0.0627. The van der Waals surface area contributed by atoms with Crippen molar-refractivity contribution in [2.45, 2.75) is 65.3 Å². The van der Waals surface area contributed by atoms with Gasteiger partial charge in [0.1, 0.15) is 0 Å². The molecule has 1 N–H and O–H groups in total. The second kappa shape index (κ2) is 7.51. The van der Waals surface area contributed by atoms with E-state index in [-0.39, 0.29) is 17.9 Å². The average molecular weight is 269 g/mol. The van der Waals surface area contributed by atoms with E-state index in [1.54, 1.807) is 0 Å². The first-order valence-electron chi connectivity index (χ1n) is 7.56. The molecular weight excluding hydrogens is 242 g/mol. The number of unbranched alkanes of at least 4 members (excludes halogenated alkanes) is 1. The summed E-state index contributed by atoms with van der Waals surface area (Å²) in [6.45, 7) is 6.99. The molecule has 4 heteroatoms. The Labute approximate surface area is 116 Å². The summed E-state index contributed by atoms with van der Waals surface area (Å²) in [6, 6.07) is 0.203. The molecular formula is C15H27NO3. The van der Waals surface area contributed by atoms with Gasteiger partial charge < -0.3 is 10.0 Å². The van der Waals surface area contributed by atoms with Crippen LogP contribution in [0, 0.1) is 11.8 Å². The Bertz CT molecular complexity index is 317. The highest BCUT2D eigenvalue weighted by Crippen LogP contribution is 2.34. The van der Waals surface area contributed by atoms with E-state index < -0.39 is 11.9 Å². The molecule has 1 aliphatic carbocycles. The van der Waals surface area contributed by atoms with Crippen molar-refractivity contribution >= 4 is 11.9 Å². The van der Waals surface area contributed by atoms with Crippen molar-refractivity contribution < 1.29 is 14.7 Å². The maximum absolute atomic E-state index is 12.6. The number of hydrogen-bond donors (Lipinski definition) is 1. The summed E-state index contributed by atoms with van der Waals surface area (Å²) in [7, 11) is 0. The van der Waals surface area contributed by atoms with Crippen LogP contribution in [-0.4, -0.2) is 34.5 Å². The molecule has 1 fully saturated rings. The summed E-state index contributed by atoms with van der Waals surface area (Å²) in [5.74, 6) is -1.52. The Hall–Kier alpha value is -1.06. The average Bonchev–Trinajstić information content (AvgIpc) is 2.87. The smallest absolute Gasteiger partial charge is 0.307 e. The molecule has 0 saturated heterocycles. The van der Waals surface area contributed by atoms with Crippen LogP contribution in [0.15, 0.2) is 0 Å². The zero-order valence-electron chi connectivity index (χ0n) is 12.4. The number of amides is 1. The van der Waals surface area contributed by atoms with E-state index in [4.69, 9.17) is 0 Å². The van der Waals surface area contributed by atoms with Crippen LogP contribution in [0.2, 0.25) is 0 Å². The standard InChI is InChI=1S/C15H27NO3/c1-4-6-10-16(11(3)5-2)14(17)12-8-7-9-13(12)15(18)19/h11-13H,4-10H2,1-3H3,(H,18,19)/t11?,12-,13+/m1/s1. The van der Waals surface area contributed by atoms with Crippen LogP contribution < -0.4 is 0 Å². The van der Waals surface area contributed by atoms with Gasteiger partial charge in [-0.2, -0.15) is 0 Å². The largest absolute Gasteiger partial charge is 0.481 e. The third-order valence-corrected chi connectivity index (χ3v) is 4.31. The van der Waals surface area contributed by atoms with Crippen molar-refractivity contribution in [2.24, 2.45) is 11.8 Å². The molecule has 0 aromatic carbocycles. The van der Waals surface area contributed by atoms with Gasteiger partial charge in [-0.1, -0.05) is 26.7 Å². The minimum Gasteiger partial charge on any atom is -0.481 e. The fourth-order valence-corrected chi connectivity index (χ4v) is 2.86. The second-order valence-electron chi connectivity index (χ2n) is 5.62. The summed E-state index contributed by atoms with van der Waals surface area (Å²) in [5.41, 5.74) is 0. The van der Waals surface area contributed by atoms with Gasteiger partial charge in [-0.25, -0.2) is 0 Å². The summed E-state index contributed by atoms with van der Waals surface area (Å²) in [4.78, 5) is 25.8. The van der Waals surface area contributed by atoms with Gasteiger partial charge in [0.05, 0.1) is 11.8 Å². The van der Waals surface area contributed by atoms with Gasteiger partial charge in [-0.15, -0.1) is 0 Å². The lowest BCUT2D eigenvalue weighted by molar-refractivity contribution is -0.150. The van der Waals surface area contributed by atoms with Crippen molar-refractivity contribution in [3.8, 4) is 0 Å². The summed E-state index contributed by atoms with van der Waals surface area (Å²) >= 11 is 0. The van der Waals surface area contributed by atoms with E-state index >= 15 is 0 Å². The van der Waals surface area contributed by atoms with Gasteiger partial charge in [0.15, 0.2) is 0 Å². The summed E-state index contributed by atoms with van der Waals surface area (Å²) in [5, 5.41) is 9.22. The second-order valence-corrected chi connectivity index (χ2v) is 5.62. The lowest BCUT2D eigenvalue weighted by Crippen LogP contribution is -2.44. The first-order valence-corrected chi connectivity index (χ1v) is 7.56. The maximum atomic E-state index is 12.6. The Morgan fingerprint density at radius 1 is 1.26 bits per heavy atom. The third-order valence-electron chi connectivity index (χ3n) is 4.31. The van der Waals surface area contributed by atoms with E-state index in [0.717, 1.165) is 38.6 Å². The number of carbonyl (C=O) groups excluding carboxylic acids is 1. The SMILES string of the molecule is CCCCN(C(=O)[C@@H]1CCC[C@@H]1C(=O)O)C(C)CC. The Morgan fingerprint density at radius 2 is 1.89 bits per heavy atom. The number of aliphatic carboxylic acids is 1. The van der Waals surface area contributed by atoms with Gasteiger partial charge >= 0.3 is 5.97 Å². The highest BCUT2D eigenvalue weighted by atomic mass is 16.4. The fourth-order valence-electron chi connectivity index (χ4n) is 2.86. The van der Waals surface area contributed by atoms with Crippen molar-refractivity contribution in [1.29, 1.82) is 0 Å². The monoisotopic (exact) mass is 269 g/mol. The topological polar surface area (TPSA) is 57.6 Å². The van der Waals surface area contributed by atoms with Crippen LogP contribution in [0.25, 0.3) is 0 Å². The van der Waals surface area contributed by atoms with Crippen LogP contribution in [0.5, 0.6) is 0 Å². The number of hydrogen-bond acceptors (Lipinski definition) is 2. The molecule has 1 saturated carbocycles. The van der Waals surface area contributed by atoms with Crippen LogP contribution in [0.3, 0.4) is 0 Å². The highest BCUT2D eigenvalue weighted by Gasteiger charge is 2.40. The molecule has 1 aliphatic rings. The minimum atomic E-state index is -0.810. The van der Waals surface area contributed by atoms with E-state index in [0.29, 0.717) is 6.42 Å². The van der Waals surface area contributed by atoms with Crippen molar-refractivity contribution in [1.82, 2.24) is 4.90 Å². The molecule has 4 nitrogen and oxygen atoms in total. The predicted molar refractivity (Wildman–Crippen MR) is 74.8 cm³/mol. The molecule has 0 radical (unpaired) electrons. The van der Waals surface area contributed by atoms with Crippen LogP contribution in [-0.2, 0) is 9.59 Å². The van der Waals surface area contributed by atoms with Gasteiger partial charge in [0.2, 0.25) is 5.91 Å². The van der Waals surface area contributed by atoms with Gasteiger partial charge in [-0.3, -0.25) is 9.59 Å². The molecule has 0 spiro atoms. The van der Waals surface area contributed by atoms with Gasteiger partial charge in [-0.05, 0) is 32.6 Å². The number of carboxylic acids is 1. The van der Waals surface area contributed by atoms with Crippen LogP contribution in [0.1, 0.15) is 59.3 Å². The molecule has 1 rings (SSSR count). The lowest BCUT2D eigenvalue weighted by atomic mass is 9.94. The molecule has 0 aromatic rings. The number of carboxylic acid groups (broad SMARTS) is 1.